The highest BCUT2D eigenvalue weighted by Gasteiger charge is 2.34. The number of rotatable bonds is 11. The third-order valence-corrected chi connectivity index (χ3v) is 8.28. The zero-order valence-corrected chi connectivity index (χ0v) is 26.7. The molecule has 4 aromatic rings. The summed E-state index contributed by atoms with van der Waals surface area (Å²) in [5.74, 6) is 0.255. The van der Waals surface area contributed by atoms with Crippen LogP contribution in [0.25, 0.3) is 6.08 Å². The molecular weight excluding hydrogens is 612 g/mol. The molecule has 1 aliphatic heterocycles. The maximum atomic E-state index is 14.0. The number of methoxy groups -OCH3 is 3. The molecule has 238 valence electrons. The second-order valence-corrected chi connectivity index (χ2v) is 11.1. The van der Waals surface area contributed by atoms with E-state index in [0.717, 1.165) is 0 Å². The number of carboxylic acid groups (broad SMARTS) is 1. The summed E-state index contributed by atoms with van der Waals surface area (Å²) in [4.78, 5) is 43.6. The van der Waals surface area contributed by atoms with Crippen molar-refractivity contribution in [2.24, 2.45) is 4.99 Å². The van der Waals surface area contributed by atoms with Crippen molar-refractivity contribution in [3.05, 3.63) is 114 Å². The number of ether oxygens (including phenoxy) is 5. The summed E-state index contributed by atoms with van der Waals surface area (Å²) in [5.41, 5.74) is 2.52. The minimum absolute atomic E-state index is 0.133. The van der Waals surface area contributed by atoms with E-state index in [1.165, 1.54) is 43.3 Å². The Morgan fingerprint density at radius 1 is 0.957 bits per heavy atom. The normalized spacial score (nSPS) is 14.3. The Balaban J connectivity index is 1.54. The van der Waals surface area contributed by atoms with E-state index < -0.39 is 18.0 Å². The largest absolute Gasteiger partial charge is 0.493 e. The van der Waals surface area contributed by atoms with Gasteiger partial charge in [0.05, 0.1) is 55.3 Å². The molecule has 0 spiro atoms. The fraction of sp³-hybridized carbons (Fsp3) is 0.235. The van der Waals surface area contributed by atoms with E-state index in [4.69, 9.17) is 23.7 Å². The molecule has 1 unspecified atom stereocenters. The van der Waals surface area contributed by atoms with Crippen LogP contribution in [-0.4, -0.2) is 49.5 Å². The lowest BCUT2D eigenvalue weighted by atomic mass is 9.95. The number of esters is 1. The Hall–Kier alpha value is -5.36. The van der Waals surface area contributed by atoms with E-state index in [-0.39, 0.29) is 29.9 Å². The Morgan fingerprint density at radius 2 is 1.67 bits per heavy atom. The van der Waals surface area contributed by atoms with Crippen LogP contribution in [0, 0.1) is 0 Å². The quantitative estimate of drug-likeness (QED) is 0.240. The standard InChI is InChI=1S/C34H32N2O9S/c1-6-44-33(40)29-19(2)35-34-36(30(29)22-11-13-24(41-3)27(17-22)43-5)31(37)28(46-34)16-20-10-12-25(26(15-20)42-4)45-18-21-8-7-9-23(14-21)32(38)39/h7-17,30H,6,18H2,1-5H3,(H,38,39). The molecule has 0 aliphatic carbocycles. The third-order valence-electron chi connectivity index (χ3n) is 7.29. The topological polar surface area (TPSA) is 135 Å². The van der Waals surface area contributed by atoms with E-state index in [9.17, 15) is 19.5 Å². The third kappa shape index (κ3) is 6.38. The molecule has 2 heterocycles. The van der Waals surface area contributed by atoms with Crippen molar-refractivity contribution >= 4 is 29.4 Å². The summed E-state index contributed by atoms with van der Waals surface area (Å²) < 4.78 is 29.7. The maximum absolute atomic E-state index is 14.0. The van der Waals surface area contributed by atoms with Gasteiger partial charge in [-0.05, 0) is 73.0 Å². The van der Waals surface area contributed by atoms with Gasteiger partial charge in [-0.25, -0.2) is 14.6 Å². The number of aromatic carboxylic acids is 1. The van der Waals surface area contributed by atoms with Gasteiger partial charge in [0.1, 0.15) is 6.61 Å². The lowest BCUT2D eigenvalue weighted by Crippen LogP contribution is -2.39. The van der Waals surface area contributed by atoms with Gasteiger partial charge in [-0.3, -0.25) is 9.36 Å². The van der Waals surface area contributed by atoms with Crippen LogP contribution in [0.2, 0.25) is 0 Å². The second-order valence-electron chi connectivity index (χ2n) is 10.1. The highest BCUT2D eigenvalue weighted by Crippen LogP contribution is 2.36. The zero-order chi connectivity index (χ0) is 33.0. The van der Waals surface area contributed by atoms with Crippen LogP contribution < -0.4 is 33.8 Å². The summed E-state index contributed by atoms with van der Waals surface area (Å²) in [6.07, 6.45) is 1.72. The molecule has 0 fully saturated rings. The molecule has 1 N–H and O–H groups in total. The van der Waals surface area contributed by atoms with Crippen LogP contribution >= 0.6 is 11.3 Å². The van der Waals surface area contributed by atoms with E-state index in [0.29, 0.717) is 54.7 Å². The number of carboxylic acids is 1. The molecule has 11 nitrogen and oxygen atoms in total. The number of fused-ring (bicyclic) bond motifs is 1. The average Bonchev–Trinajstić information content (AvgIpc) is 3.36. The van der Waals surface area contributed by atoms with Gasteiger partial charge in [0.25, 0.3) is 5.56 Å². The van der Waals surface area contributed by atoms with Crippen LogP contribution in [0.4, 0.5) is 0 Å². The van der Waals surface area contributed by atoms with E-state index >= 15 is 0 Å². The molecule has 0 saturated carbocycles. The Kier molecular flexibility index (Phi) is 9.57. The first-order chi connectivity index (χ1) is 22.2. The number of benzene rings is 3. The summed E-state index contributed by atoms with van der Waals surface area (Å²) >= 11 is 1.20. The van der Waals surface area contributed by atoms with E-state index in [1.54, 1.807) is 74.5 Å². The minimum atomic E-state index is -1.02. The van der Waals surface area contributed by atoms with E-state index in [1.807, 2.05) is 0 Å². The number of aromatic nitrogens is 1. The zero-order valence-electron chi connectivity index (χ0n) is 25.9. The average molecular weight is 645 g/mol. The fourth-order valence-electron chi connectivity index (χ4n) is 5.13. The Labute approximate surface area is 268 Å². The van der Waals surface area contributed by atoms with Crippen LogP contribution in [0.15, 0.2) is 81.7 Å². The first-order valence-electron chi connectivity index (χ1n) is 14.2. The molecule has 3 aromatic carbocycles. The van der Waals surface area contributed by atoms with Crippen LogP contribution in [-0.2, 0) is 16.1 Å². The summed E-state index contributed by atoms with van der Waals surface area (Å²) in [6, 6.07) is 16.2. The van der Waals surface area contributed by atoms with Gasteiger partial charge >= 0.3 is 11.9 Å². The smallest absolute Gasteiger partial charge is 0.338 e. The predicted octanol–water partition coefficient (Wildman–Crippen LogP) is 4.10. The van der Waals surface area contributed by atoms with Gasteiger partial charge in [-0.15, -0.1) is 0 Å². The van der Waals surface area contributed by atoms with Crippen molar-refractivity contribution in [2.45, 2.75) is 26.5 Å². The molecule has 0 bridgehead atoms. The van der Waals surface area contributed by atoms with Crippen molar-refractivity contribution in [1.82, 2.24) is 4.57 Å². The van der Waals surface area contributed by atoms with Crippen molar-refractivity contribution < 1.29 is 38.4 Å². The number of nitrogens with zero attached hydrogens (tertiary/aromatic N) is 2. The number of hydrogen-bond acceptors (Lipinski definition) is 10. The molecule has 5 rings (SSSR count). The van der Waals surface area contributed by atoms with Crippen LogP contribution in [0.3, 0.4) is 0 Å². The van der Waals surface area contributed by atoms with Gasteiger partial charge in [0.15, 0.2) is 27.8 Å². The molecule has 0 saturated heterocycles. The maximum Gasteiger partial charge on any atom is 0.338 e. The lowest BCUT2D eigenvalue weighted by molar-refractivity contribution is -0.139. The number of hydrogen-bond donors (Lipinski definition) is 1. The fourth-order valence-corrected chi connectivity index (χ4v) is 6.18. The summed E-state index contributed by atoms with van der Waals surface area (Å²) in [7, 11) is 4.55. The molecule has 1 aliphatic rings. The van der Waals surface area contributed by atoms with Crippen molar-refractivity contribution in [2.75, 3.05) is 27.9 Å². The number of allylic oxidation sites excluding steroid dienone is 1. The monoisotopic (exact) mass is 644 g/mol. The minimum Gasteiger partial charge on any atom is -0.493 e. The van der Waals surface area contributed by atoms with Crippen LogP contribution in [0.5, 0.6) is 23.0 Å². The number of carbonyl (C=O) groups is 2. The Bertz CT molecular complexity index is 2030. The lowest BCUT2D eigenvalue weighted by Gasteiger charge is -2.25. The van der Waals surface area contributed by atoms with Gasteiger partial charge in [0, 0.05) is 0 Å². The van der Waals surface area contributed by atoms with Gasteiger partial charge in [-0.2, -0.15) is 0 Å². The summed E-state index contributed by atoms with van der Waals surface area (Å²) in [5, 5.41) is 9.26. The first kappa shape index (κ1) is 32.0. The molecule has 12 heteroatoms. The highest BCUT2D eigenvalue weighted by molar-refractivity contribution is 7.07. The summed E-state index contributed by atoms with van der Waals surface area (Å²) in [6.45, 7) is 3.73. The van der Waals surface area contributed by atoms with E-state index in [2.05, 4.69) is 4.99 Å². The molecular formula is C34H32N2O9S. The van der Waals surface area contributed by atoms with Gasteiger partial charge in [-0.1, -0.05) is 35.6 Å². The first-order valence-corrected chi connectivity index (χ1v) is 15.0. The highest BCUT2D eigenvalue weighted by atomic mass is 32.1. The van der Waals surface area contributed by atoms with Crippen molar-refractivity contribution in [3.8, 4) is 23.0 Å². The number of carbonyl (C=O) groups excluding carboxylic acids is 1. The van der Waals surface area contributed by atoms with Gasteiger partial charge < -0.3 is 28.8 Å². The predicted molar refractivity (Wildman–Crippen MR) is 171 cm³/mol. The van der Waals surface area contributed by atoms with Gasteiger partial charge in [0.2, 0.25) is 0 Å². The molecule has 0 radical (unpaired) electrons. The molecule has 1 atom stereocenters. The Morgan fingerprint density at radius 3 is 2.37 bits per heavy atom. The van der Waals surface area contributed by atoms with Crippen LogP contribution in [0.1, 0.15) is 46.9 Å². The number of thiazole rings is 1. The SMILES string of the molecule is CCOC(=O)C1=C(C)N=c2sc(=Cc3ccc(OCc4cccc(C(=O)O)c4)c(OC)c3)c(=O)n2C1c1ccc(OC)c(OC)c1. The van der Waals surface area contributed by atoms with Crippen molar-refractivity contribution in [3.63, 3.8) is 0 Å². The van der Waals surface area contributed by atoms with Crippen molar-refractivity contribution in [1.29, 1.82) is 0 Å². The molecule has 46 heavy (non-hydrogen) atoms. The molecule has 1 aromatic heterocycles. The second kappa shape index (κ2) is 13.7. The molecule has 0 amide bonds.